The van der Waals surface area contributed by atoms with Crippen molar-refractivity contribution in [3.05, 3.63) is 78.2 Å². The van der Waals surface area contributed by atoms with Gasteiger partial charge in [0.1, 0.15) is 5.82 Å². The Morgan fingerprint density at radius 2 is 1.87 bits per heavy atom. The van der Waals surface area contributed by atoms with Gasteiger partial charge in [-0.05, 0) is 65.4 Å². The summed E-state index contributed by atoms with van der Waals surface area (Å²) in [6.07, 6.45) is 6.69. The average molecular weight is 412 g/mol. The molecule has 0 saturated heterocycles. The molecule has 0 aliphatic carbocycles. The van der Waals surface area contributed by atoms with Gasteiger partial charge in [-0.2, -0.15) is 4.98 Å². The molecule has 7 nitrogen and oxygen atoms in total. The summed E-state index contributed by atoms with van der Waals surface area (Å²) in [4.78, 5) is 15.5. The molecule has 0 fully saturated rings. The summed E-state index contributed by atoms with van der Waals surface area (Å²) in [5.74, 6) is 1.43. The van der Waals surface area contributed by atoms with Gasteiger partial charge in [0.05, 0.1) is 0 Å². The molecule has 7 heteroatoms. The van der Waals surface area contributed by atoms with E-state index in [0.717, 1.165) is 35.5 Å². The van der Waals surface area contributed by atoms with E-state index in [4.69, 9.17) is 0 Å². The van der Waals surface area contributed by atoms with Crippen molar-refractivity contribution in [2.24, 2.45) is 0 Å². The molecule has 0 aliphatic rings. The van der Waals surface area contributed by atoms with E-state index >= 15 is 0 Å². The van der Waals surface area contributed by atoms with Crippen LogP contribution in [0.1, 0.15) is 11.1 Å². The molecule has 3 aromatic heterocycles. The molecule has 0 radical (unpaired) electrons. The zero-order chi connectivity index (χ0) is 21.0. The van der Waals surface area contributed by atoms with Crippen molar-refractivity contribution in [2.45, 2.75) is 13.0 Å². The number of benzene rings is 2. The van der Waals surface area contributed by atoms with Crippen LogP contribution in [0.3, 0.4) is 0 Å². The molecule has 0 spiro atoms. The fraction of sp³-hybridized carbons (Fsp3) is 0.167. The van der Waals surface area contributed by atoms with Crippen LogP contribution in [-0.4, -0.2) is 33.5 Å². The van der Waals surface area contributed by atoms with Crippen LogP contribution in [0.25, 0.3) is 21.8 Å². The maximum atomic E-state index is 4.59. The van der Waals surface area contributed by atoms with Crippen LogP contribution < -0.4 is 16.0 Å². The normalized spacial score (nSPS) is 11.1. The van der Waals surface area contributed by atoms with Gasteiger partial charge in [0, 0.05) is 60.8 Å². The van der Waals surface area contributed by atoms with E-state index in [9.17, 15) is 0 Å². The molecule has 5 aromatic rings. The molecule has 156 valence electrons. The Bertz CT molecular complexity index is 1320. The van der Waals surface area contributed by atoms with Gasteiger partial charge in [-0.1, -0.05) is 6.07 Å². The number of rotatable bonds is 8. The zero-order valence-electron chi connectivity index (χ0n) is 17.4. The fourth-order valence-corrected chi connectivity index (χ4v) is 3.80. The number of nitrogens with one attached hydrogen (secondary N) is 5. The second-order valence-electron chi connectivity index (χ2n) is 7.52. The Balaban J connectivity index is 1.19. The molecule has 0 unspecified atom stereocenters. The van der Waals surface area contributed by atoms with Gasteiger partial charge in [-0.25, -0.2) is 4.98 Å². The Labute approximate surface area is 180 Å². The minimum atomic E-state index is 0.627. The van der Waals surface area contributed by atoms with E-state index in [1.807, 2.05) is 19.3 Å². The number of aromatic amines is 2. The van der Waals surface area contributed by atoms with Crippen molar-refractivity contribution >= 4 is 39.3 Å². The van der Waals surface area contributed by atoms with Gasteiger partial charge in [0.25, 0.3) is 0 Å². The molecule has 2 aromatic carbocycles. The van der Waals surface area contributed by atoms with Crippen molar-refractivity contribution in [1.82, 2.24) is 19.9 Å². The second-order valence-corrected chi connectivity index (χ2v) is 7.52. The van der Waals surface area contributed by atoms with Crippen LogP contribution in [0.4, 0.5) is 17.5 Å². The first-order valence-electron chi connectivity index (χ1n) is 10.4. The van der Waals surface area contributed by atoms with Crippen LogP contribution in [0.2, 0.25) is 0 Å². The highest BCUT2D eigenvalue weighted by Crippen LogP contribution is 2.22. The second kappa shape index (κ2) is 8.39. The summed E-state index contributed by atoms with van der Waals surface area (Å²) in [7, 11) is 1.94. The van der Waals surface area contributed by atoms with E-state index in [2.05, 4.69) is 84.5 Å². The molecule has 0 saturated carbocycles. The molecular formula is C24H25N7. The van der Waals surface area contributed by atoms with E-state index in [1.165, 1.54) is 21.9 Å². The lowest BCUT2D eigenvalue weighted by molar-refractivity contribution is 0.985. The summed E-state index contributed by atoms with van der Waals surface area (Å²) in [6.45, 7) is 1.46. The average Bonchev–Trinajstić information content (AvgIpc) is 3.44. The van der Waals surface area contributed by atoms with Crippen molar-refractivity contribution in [2.75, 3.05) is 29.5 Å². The number of H-pyrrole nitrogens is 2. The zero-order valence-corrected chi connectivity index (χ0v) is 17.4. The first kappa shape index (κ1) is 19.0. The van der Waals surface area contributed by atoms with Gasteiger partial charge in [0.2, 0.25) is 5.95 Å². The monoisotopic (exact) mass is 411 g/mol. The number of hydrogen-bond donors (Lipinski definition) is 5. The van der Waals surface area contributed by atoms with E-state index in [0.29, 0.717) is 12.5 Å². The number of aromatic nitrogens is 4. The van der Waals surface area contributed by atoms with Gasteiger partial charge in [-0.15, -0.1) is 0 Å². The first-order valence-corrected chi connectivity index (χ1v) is 10.4. The molecule has 5 rings (SSSR count). The topological polar surface area (TPSA) is 93.5 Å². The molecule has 31 heavy (non-hydrogen) atoms. The summed E-state index contributed by atoms with van der Waals surface area (Å²) < 4.78 is 0. The minimum Gasteiger partial charge on any atom is -0.388 e. The highest BCUT2D eigenvalue weighted by Gasteiger charge is 2.06. The minimum absolute atomic E-state index is 0.627. The van der Waals surface area contributed by atoms with Crippen molar-refractivity contribution in [3.63, 3.8) is 0 Å². The van der Waals surface area contributed by atoms with Crippen molar-refractivity contribution in [3.8, 4) is 0 Å². The molecule has 0 amide bonds. The standard InChI is InChI=1S/C24H25N7/c1-25-19-3-5-22-20(13-19)18(15-29-22)7-10-27-24-28-11-8-23(31-24)30-14-16-2-4-21-17(12-16)6-9-26-21/h2-6,8-9,11-13,15,25-26,29H,7,10,14H2,1H3,(H2,27,28,30,31). The lowest BCUT2D eigenvalue weighted by Crippen LogP contribution is -2.09. The lowest BCUT2D eigenvalue weighted by atomic mass is 10.1. The maximum Gasteiger partial charge on any atom is 0.224 e. The third kappa shape index (κ3) is 4.16. The lowest BCUT2D eigenvalue weighted by Gasteiger charge is -2.09. The largest absolute Gasteiger partial charge is 0.388 e. The highest BCUT2D eigenvalue weighted by atomic mass is 15.1. The summed E-state index contributed by atoms with van der Waals surface area (Å²) >= 11 is 0. The number of hydrogen-bond acceptors (Lipinski definition) is 5. The third-order valence-corrected chi connectivity index (χ3v) is 5.48. The number of nitrogens with zero attached hydrogens (tertiary/aromatic N) is 2. The van der Waals surface area contributed by atoms with Gasteiger partial charge >= 0.3 is 0 Å². The predicted molar refractivity (Wildman–Crippen MR) is 128 cm³/mol. The quantitative estimate of drug-likeness (QED) is 0.254. The third-order valence-electron chi connectivity index (χ3n) is 5.48. The summed E-state index contributed by atoms with van der Waals surface area (Å²) in [5, 5.41) is 12.4. The van der Waals surface area contributed by atoms with Crippen LogP contribution in [0.15, 0.2) is 67.1 Å². The maximum absolute atomic E-state index is 4.59. The van der Waals surface area contributed by atoms with Crippen LogP contribution >= 0.6 is 0 Å². The molecule has 0 atom stereocenters. The summed E-state index contributed by atoms with van der Waals surface area (Å²) in [6, 6.07) is 16.7. The molecule has 3 heterocycles. The van der Waals surface area contributed by atoms with Gasteiger partial charge in [0.15, 0.2) is 0 Å². The van der Waals surface area contributed by atoms with E-state index in [1.54, 1.807) is 6.20 Å². The van der Waals surface area contributed by atoms with Crippen LogP contribution in [0, 0.1) is 0 Å². The SMILES string of the molecule is CNc1ccc2[nH]cc(CCNc3nccc(NCc4ccc5[nH]ccc5c4)n3)c2c1. The van der Waals surface area contributed by atoms with E-state index < -0.39 is 0 Å². The van der Waals surface area contributed by atoms with Gasteiger partial charge < -0.3 is 25.9 Å². The smallest absolute Gasteiger partial charge is 0.224 e. The molecule has 5 N–H and O–H groups in total. The van der Waals surface area contributed by atoms with Crippen LogP contribution in [0.5, 0.6) is 0 Å². The Morgan fingerprint density at radius 1 is 0.935 bits per heavy atom. The van der Waals surface area contributed by atoms with Gasteiger partial charge in [-0.3, -0.25) is 0 Å². The molecular weight excluding hydrogens is 386 g/mol. The Hall–Kier alpha value is -4.00. The Morgan fingerprint density at radius 3 is 2.81 bits per heavy atom. The fourth-order valence-electron chi connectivity index (χ4n) is 3.80. The summed E-state index contributed by atoms with van der Waals surface area (Å²) in [5.41, 5.74) is 5.89. The predicted octanol–water partition coefficient (Wildman–Crippen LogP) is 4.75. The van der Waals surface area contributed by atoms with Crippen molar-refractivity contribution < 1.29 is 0 Å². The first-order chi connectivity index (χ1) is 15.3. The number of fused-ring (bicyclic) bond motifs is 2. The molecule has 0 aliphatic heterocycles. The Kier molecular flexibility index (Phi) is 5.14. The number of anilines is 3. The van der Waals surface area contributed by atoms with Crippen molar-refractivity contribution in [1.29, 1.82) is 0 Å². The highest BCUT2D eigenvalue weighted by molar-refractivity contribution is 5.86. The molecule has 0 bridgehead atoms. The van der Waals surface area contributed by atoms with Crippen LogP contribution in [-0.2, 0) is 13.0 Å². The van der Waals surface area contributed by atoms with E-state index in [-0.39, 0.29) is 0 Å².